The van der Waals surface area contributed by atoms with E-state index >= 15 is 0 Å². The number of pyridine rings is 1. The van der Waals surface area contributed by atoms with Gasteiger partial charge in [0.2, 0.25) is 0 Å². The van der Waals surface area contributed by atoms with E-state index in [0.717, 1.165) is 67.1 Å². The van der Waals surface area contributed by atoms with Crippen LogP contribution in [-0.2, 0) is 0 Å². The van der Waals surface area contributed by atoms with E-state index in [2.05, 4.69) is 175 Å². The third-order valence-electron chi connectivity index (χ3n) is 9.58. The highest BCUT2D eigenvalue weighted by Crippen LogP contribution is 2.39. The average molecular weight is 664 g/mol. The molecule has 7 aromatic carbocycles. The number of nitrogens with zero attached hydrogens (tertiary/aromatic N) is 3. The fourth-order valence-corrected chi connectivity index (χ4v) is 6.86. The molecule has 0 atom stereocenters. The molecule has 52 heavy (non-hydrogen) atoms. The number of benzene rings is 7. The summed E-state index contributed by atoms with van der Waals surface area (Å²) in [5.74, 6) is 0. The minimum absolute atomic E-state index is 0.843. The van der Waals surface area contributed by atoms with Gasteiger partial charge in [-0.05, 0) is 68.8 Å². The van der Waals surface area contributed by atoms with Gasteiger partial charge in [0.05, 0.1) is 28.1 Å². The van der Waals surface area contributed by atoms with Gasteiger partial charge in [0.15, 0.2) is 0 Å². The zero-order valence-electron chi connectivity index (χ0n) is 28.4. The van der Waals surface area contributed by atoms with Crippen molar-refractivity contribution in [2.45, 2.75) is 0 Å². The summed E-state index contributed by atoms with van der Waals surface area (Å²) in [6.45, 7) is 0. The van der Waals surface area contributed by atoms with Crippen LogP contribution in [0.4, 0.5) is 0 Å². The second-order valence-corrected chi connectivity index (χ2v) is 12.9. The van der Waals surface area contributed by atoms with Crippen molar-refractivity contribution in [3.05, 3.63) is 200 Å². The predicted octanol–water partition coefficient (Wildman–Crippen LogP) is 12.7. The Kier molecular flexibility index (Phi) is 8.20. The molecule has 0 saturated carbocycles. The standard InChI is InChI=1S/C49H33N3/c1-4-12-34(13-5-1)36-19-23-38(24-20-36)43-32-46-47(33-44(43)39-25-21-37(22-26-39)35-14-6-2-7-15-35)52-49(48(51-46)41-16-8-3-9-17-41)42-29-27-40(28-30-42)45-18-10-11-31-50-45/h1-33H. The van der Waals surface area contributed by atoms with Gasteiger partial charge in [-0.3, -0.25) is 4.98 Å². The maximum Gasteiger partial charge on any atom is 0.0973 e. The number of hydrogen-bond donors (Lipinski definition) is 0. The van der Waals surface area contributed by atoms with Crippen LogP contribution >= 0.6 is 0 Å². The first kappa shape index (κ1) is 31.0. The lowest BCUT2D eigenvalue weighted by molar-refractivity contribution is 1.29. The highest BCUT2D eigenvalue weighted by molar-refractivity contribution is 5.96. The molecular formula is C49H33N3. The van der Waals surface area contributed by atoms with Gasteiger partial charge in [-0.15, -0.1) is 0 Å². The molecule has 3 heteroatoms. The lowest BCUT2D eigenvalue weighted by Gasteiger charge is -2.16. The fourth-order valence-electron chi connectivity index (χ4n) is 6.86. The Morgan fingerprint density at radius 3 is 1.06 bits per heavy atom. The lowest BCUT2D eigenvalue weighted by Crippen LogP contribution is -1.97. The highest BCUT2D eigenvalue weighted by Gasteiger charge is 2.17. The second-order valence-electron chi connectivity index (χ2n) is 12.9. The SMILES string of the molecule is c1ccc(-c2ccc(-c3cc4nc(-c5ccccc5)c(-c5ccc(-c6ccccn6)cc5)nc4cc3-c3ccc(-c4ccccc4)cc3)cc2)cc1. The summed E-state index contributed by atoms with van der Waals surface area (Å²) in [5.41, 5.74) is 16.6. The molecule has 3 nitrogen and oxygen atoms in total. The highest BCUT2D eigenvalue weighted by atomic mass is 14.8. The number of rotatable bonds is 7. The van der Waals surface area contributed by atoms with E-state index in [-0.39, 0.29) is 0 Å². The van der Waals surface area contributed by atoms with E-state index < -0.39 is 0 Å². The van der Waals surface area contributed by atoms with Gasteiger partial charge in [0.25, 0.3) is 0 Å². The summed E-state index contributed by atoms with van der Waals surface area (Å²) in [6, 6.07) is 67.9. The molecule has 2 heterocycles. The van der Waals surface area contributed by atoms with E-state index in [1.165, 1.54) is 22.3 Å². The van der Waals surface area contributed by atoms with E-state index in [0.29, 0.717) is 0 Å². The van der Waals surface area contributed by atoms with Crippen LogP contribution in [0.1, 0.15) is 0 Å². The molecule has 0 unspecified atom stereocenters. The van der Waals surface area contributed by atoms with Gasteiger partial charge in [0.1, 0.15) is 0 Å². The maximum absolute atomic E-state index is 5.39. The predicted molar refractivity (Wildman–Crippen MR) is 215 cm³/mol. The Morgan fingerprint density at radius 2 is 0.615 bits per heavy atom. The zero-order chi connectivity index (χ0) is 34.7. The Morgan fingerprint density at radius 1 is 0.269 bits per heavy atom. The van der Waals surface area contributed by atoms with Crippen LogP contribution in [0.5, 0.6) is 0 Å². The van der Waals surface area contributed by atoms with Gasteiger partial charge >= 0.3 is 0 Å². The molecule has 2 aromatic heterocycles. The summed E-state index contributed by atoms with van der Waals surface area (Å²) in [7, 11) is 0. The first-order chi connectivity index (χ1) is 25.8. The Labute approximate surface area is 303 Å². The van der Waals surface area contributed by atoms with Gasteiger partial charge in [0, 0.05) is 22.9 Å². The number of fused-ring (bicyclic) bond motifs is 1. The first-order valence-corrected chi connectivity index (χ1v) is 17.5. The molecule has 0 bridgehead atoms. The monoisotopic (exact) mass is 663 g/mol. The van der Waals surface area contributed by atoms with Crippen LogP contribution < -0.4 is 0 Å². The van der Waals surface area contributed by atoms with Crippen molar-refractivity contribution >= 4 is 11.0 Å². The van der Waals surface area contributed by atoms with Crippen molar-refractivity contribution in [2.24, 2.45) is 0 Å². The minimum atomic E-state index is 0.843. The largest absolute Gasteiger partial charge is 0.256 e. The molecule has 244 valence electrons. The topological polar surface area (TPSA) is 38.7 Å². The molecule has 9 aromatic rings. The third-order valence-corrected chi connectivity index (χ3v) is 9.58. The van der Waals surface area contributed by atoms with Crippen molar-refractivity contribution in [3.63, 3.8) is 0 Å². The number of aromatic nitrogens is 3. The van der Waals surface area contributed by atoms with Crippen LogP contribution in [0.15, 0.2) is 200 Å². The normalized spacial score (nSPS) is 11.1. The minimum Gasteiger partial charge on any atom is -0.256 e. The van der Waals surface area contributed by atoms with E-state index in [4.69, 9.17) is 9.97 Å². The van der Waals surface area contributed by atoms with Crippen LogP contribution in [0.25, 0.3) is 89.3 Å². The first-order valence-electron chi connectivity index (χ1n) is 17.5. The van der Waals surface area contributed by atoms with Crippen LogP contribution in [0, 0.1) is 0 Å². The van der Waals surface area contributed by atoms with Gasteiger partial charge in [-0.25, -0.2) is 9.97 Å². The summed E-state index contributed by atoms with van der Waals surface area (Å²) < 4.78 is 0. The van der Waals surface area contributed by atoms with E-state index in [9.17, 15) is 0 Å². The summed E-state index contributed by atoms with van der Waals surface area (Å²) in [5, 5.41) is 0. The smallest absolute Gasteiger partial charge is 0.0973 e. The fraction of sp³-hybridized carbons (Fsp3) is 0. The van der Waals surface area contributed by atoms with Crippen molar-refractivity contribution in [1.29, 1.82) is 0 Å². The van der Waals surface area contributed by atoms with Crippen molar-refractivity contribution in [2.75, 3.05) is 0 Å². The van der Waals surface area contributed by atoms with Gasteiger partial charge < -0.3 is 0 Å². The second kappa shape index (κ2) is 13.7. The van der Waals surface area contributed by atoms with Crippen molar-refractivity contribution < 1.29 is 0 Å². The Bertz CT molecular complexity index is 2600. The van der Waals surface area contributed by atoms with Gasteiger partial charge in [-0.2, -0.15) is 0 Å². The molecule has 0 radical (unpaired) electrons. The average Bonchev–Trinajstić information content (AvgIpc) is 3.24. The molecule has 9 rings (SSSR count). The molecule has 0 saturated heterocycles. The zero-order valence-corrected chi connectivity index (χ0v) is 28.4. The molecule has 0 aliphatic rings. The molecule has 0 amide bonds. The molecule has 0 aliphatic carbocycles. The van der Waals surface area contributed by atoms with Crippen molar-refractivity contribution in [3.8, 4) is 78.3 Å². The molecule has 0 aliphatic heterocycles. The Balaban J connectivity index is 1.22. The van der Waals surface area contributed by atoms with Crippen molar-refractivity contribution in [1.82, 2.24) is 15.0 Å². The van der Waals surface area contributed by atoms with E-state index in [1.54, 1.807) is 0 Å². The lowest BCUT2D eigenvalue weighted by atomic mass is 9.91. The molecule has 0 N–H and O–H groups in total. The number of hydrogen-bond acceptors (Lipinski definition) is 3. The van der Waals surface area contributed by atoms with Crippen LogP contribution in [0.2, 0.25) is 0 Å². The summed E-state index contributed by atoms with van der Waals surface area (Å²) >= 11 is 0. The summed E-state index contributed by atoms with van der Waals surface area (Å²) in [4.78, 5) is 15.3. The maximum atomic E-state index is 5.39. The quantitative estimate of drug-likeness (QED) is 0.170. The van der Waals surface area contributed by atoms with Crippen LogP contribution in [0.3, 0.4) is 0 Å². The van der Waals surface area contributed by atoms with Gasteiger partial charge in [-0.1, -0.05) is 170 Å². The Hall–Kier alpha value is -6.97. The molecule has 0 spiro atoms. The van der Waals surface area contributed by atoms with Crippen LogP contribution in [-0.4, -0.2) is 15.0 Å². The molecule has 0 fully saturated rings. The third kappa shape index (κ3) is 6.17. The summed E-state index contributed by atoms with van der Waals surface area (Å²) in [6.07, 6.45) is 1.82. The molecular weight excluding hydrogens is 631 g/mol. The van der Waals surface area contributed by atoms with E-state index in [1.807, 2.05) is 30.5 Å².